The minimum atomic E-state index is -3.51. The van der Waals surface area contributed by atoms with Crippen LogP contribution in [-0.2, 0) is 14.8 Å². The molecule has 6 heteroatoms. The Morgan fingerprint density at radius 3 is 2.82 bits per heavy atom. The molecule has 2 fully saturated rings. The Balaban J connectivity index is 1.80. The van der Waals surface area contributed by atoms with Gasteiger partial charge in [-0.05, 0) is 37.6 Å². The van der Waals surface area contributed by atoms with E-state index in [1.165, 1.54) is 4.31 Å². The Hall–Kier alpha value is -1.84. The molecule has 1 aromatic rings. The van der Waals surface area contributed by atoms with Crippen LogP contribution in [0, 0.1) is 24.2 Å². The van der Waals surface area contributed by atoms with Crippen molar-refractivity contribution >= 4 is 15.7 Å². The van der Waals surface area contributed by atoms with Crippen molar-refractivity contribution in [1.29, 1.82) is 5.26 Å². The first-order chi connectivity index (χ1) is 10.4. The number of aryl methyl sites for hydroxylation is 1. The van der Waals surface area contributed by atoms with Gasteiger partial charge in [0.2, 0.25) is 10.0 Å². The summed E-state index contributed by atoms with van der Waals surface area (Å²) >= 11 is 0. The van der Waals surface area contributed by atoms with Gasteiger partial charge in [0.1, 0.15) is 4.75 Å². The number of anilines is 1. The SMILES string of the molecule is Cc1cc(N2C[C@@H]3[C@@H]4C=C[C@@H](O4)[C@]3(C)S2(=O)=O)ccc1C#N. The van der Waals surface area contributed by atoms with Gasteiger partial charge in [0.05, 0.1) is 29.5 Å². The molecular formula is C16H16N2O3S. The van der Waals surface area contributed by atoms with Crippen molar-refractivity contribution in [3.63, 3.8) is 0 Å². The molecular weight excluding hydrogens is 300 g/mol. The van der Waals surface area contributed by atoms with Gasteiger partial charge in [-0.15, -0.1) is 0 Å². The summed E-state index contributed by atoms with van der Waals surface area (Å²) in [6.07, 6.45) is 3.36. The van der Waals surface area contributed by atoms with Crippen LogP contribution in [0.1, 0.15) is 18.1 Å². The fraction of sp³-hybridized carbons (Fsp3) is 0.438. The molecule has 0 spiro atoms. The molecule has 2 bridgehead atoms. The number of rotatable bonds is 1. The maximum Gasteiger partial charge on any atom is 0.244 e. The predicted molar refractivity (Wildman–Crippen MR) is 81.9 cm³/mol. The van der Waals surface area contributed by atoms with Crippen LogP contribution in [-0.4, -0.2) is 31.9 Å². The van der Waals surface area contributed by atoms with E-state index in [0.29, 0.717) is 17.8 Å². The number of nitriles is 1. The predicted octanol–water partition coefficient (Wildman–Crippen LogP) is 1.73. The highest BCUT2D eigenvalue weighted by Gasteiger charge is 2.68. The van der Waals surface area contributed by atoms with Crippen molar-refractivity contribution in [2.24, 2.45) is 5.92 Å². The minimum absolute atomic E-state index is 0.0524. The molecule has 2 saturated heterocycles. The zero-order valence-corrected chi connectivity index (χ0v) is 13.2. The van der Waals surface area contributed by atoms with Crippen molar-refractivity contribution in [3.05, 3.63) is 41.5 Å². The van der Waals surface area contributed by atoms with Crippen LogP contribution < -0.4 is 4.31 Å². The largest absolute Gasteiger partial charge is 0.365 e. The van der Waals surface area contributed by atoms with Gasteiger partial charge in [0, 0.05) is 12.5 Å². The number of ether oxygens (including phenoxy) is 1. The lowest BCUT2D eigenvalue weighted by atomic mass is 9.83. The first kappa shape index (κ1) is 13.8. The number of nitrogens with zero attached hydrogens (tertiary/aromatic N) is 2. The zero-order chi connectivity index (χ0) is 15.7. The fourth-order valence-corrected chi connectivity index (χ4v) is 6.11. The Labute approximate surface area is 129 Å². The van der Waals surface area contributed by atoms with Crippen LogP contribution in [0.4, 0.5) is 5.69 Å². The average Bonchev–Trinajstić information content (AvgIpc) is 3.10. The van der Waals surface area contributed by atoms with Crippen LogP contribution in [0.2, 0.25) is 0 Å². The van der Waals surface area contributed by atoms with E-state index in [2.05, 4.69) is 6.07 Å². The Bertz CT molecular complexity index is 839. The summed E-state index contributed by atoms with van der Waals surface area (Å²) in [4.78, 5) is 0. The molecule has 0 saturated carbocycles. The van der Waals surface area contributed by atoms with Gasteiger partial charge in [-0.1, -0.05) is 12.2 Å². The summed E-state index contributed by atoms with van der Waals surface area (Å²) in [5.41, 5.74) is 1.98. The number of benzene rings is 1. The standard InChI is InChI=1S/C16H16N2O3S/c1-10-7-12(4-3-11(10)8-17)18-9-13-14-5-6-15(21-14)16(13,2)22(18,19)20/h3-7,13-15H,9H2,1-2H3/t13-,14+,15-,16-/m1/s1. The van der Waals surface area contributed by atoms with E-state index < -0.39 is 14.8 Å². The van der Waals surface area contributed by atoms with E-state index >= 15 is 0 Å². The second-order valence-electron chi connectivity index (χ2n) is 6.34. The van der Waals surface area contributed by atoms with Crippen LogP contribution in [0.3, 0.4) is 0 Å². The summed E-state index contributed by atoms with van der Waals surface area (Å²) in [6.45, 7) is 4.04. The van der Waals surface area contributed by atoms with E-state index in [4.69, 9.17) is 10.00 Å². The van der Waals surface area contributed by atoms with Gasteiger partial charge < -0.3 is 4.74 Å². The van der Waals surface area contributed by atoms with Crippen LogP contribution in [0.5, 0.6) is 0 Å². The molecule has 4 rings (SSSR count). The highest BCUT2D eigenvalue weighted by Crippen LogP contribution is 2.53. The summed E-state index contributed by atoms with van der Waals surface area (Å²) in [5, 5.41) is 9.02. The van der Waals surface area contributed by atoms with E-state index in [1.54, 1.807) is 25.1 Å². The number of sulfonamides is 1. The van der Waals surface area contributed by atoms with E-state index in [-0.39, 0.29) is 18.1 Å². The fourth-order valence-electron chi connectivity index (χ4n) is 3.87. The average molecular weight is 316 g/mol. The topological polar surface area (TPSA) is 70.4 Å². The normalized spacial score (nSPS) is 37.3. The van der Waals surface area contributed by atoms with Crippen molar-refractivity contribution in [2.45, 2.75) is 30.8 Å². The molecule has 22 heavy (non-hydrogen) atoms. The molecule has 0 amide bonds. The minimum Gasteiger partial charge on any atom is -0.365 e. The molecule has 3 aliphatic rings. The van der Waals surface area contributed by atoms with Crippen molar-refractivity contribution in [3.8, 4) is 6.07 Å². The summed E-state index contributed by atoms with van der Waals surface area (Å²) in [6, 6.07) is 7.27. The lowest BCUT2D eigenvalue weighted by Gasteiger charge is -2.28. The quantitative estimate of drug-likeness (QED) is 0.740. The molecule has 1 aromatic carbocycles. The van der Waals surface area contributed by atoms with Gasteiger partial charge in [0.25, 0.3) is 0 Å². The Morgan fingerprint density at radius 2 is 2.18 bits per heavy atom. The maximum atomic E-state index is 13.1. The number of hydrogen-bond acceptors (Lipinski definition) is 4. The molecule has 4 atom stereocenters. The van der Waals surface area contributed by atoms with Crippen LogP contribution in [0.15, 0.2) is 30.4 Å². The number of hydrogen-bond donors (Lipinski definition) is 0. The third kappa shape index (κ3) is 1.43. The lowest BCUT2D eigenvalue weighted by molar-refractivity contribution is 0.105. The third-order valence-corrected chi connectivity index (χ3v) is 7.89. The summed E-state index contributed by atoms with van der Waals surface area (Å²) in [7, 11) is -3.51. The second-order valence-corrected chi connectivity index (χ2v) is 8.61. The Morgan fingerprint density at radius 1 is 1.41 bits per heavy atom. The van der Waals surface area contributed by atoms with Crippen LogP contribution >= 0.6 is 0 Å². The van der Waals surface area contributed by atoms with E-state index in [9.17, 15) is 8.42 Å². The van der Waals surface area contributed by atoms with Gasteiger partial charge in [0.15, 0.2) is 0 Å². The third-order valence-electron chi connectivity index (χ3n) is 5.30. The van der Waals surface area contributed by atoms with Gasteiger partial charge in [-0.2, -0.15) is 5.26 Å². The molecule has 0 aromatic heterocycles. The van der Waals surface area contributed by atoms with Gasteiger partial charge in [-0.25, -0.2) is 8.42 Å². The Kier molecular flexibility index (Phi) is 2.58. The maximum absolute atomic E-state index is 13.1. The first-order valence-corrected chi connectivity index (χ1v) is 8.70. The van der Waals surface area contributed by atoms with Crippen LogP contribution in [0.25, 0.3) is 0 Å². The molecule has 5 nitrogen and oxygen atoms in total. The number of fused-ring (bicyclic) bond motifs is 5. The molecule has 0 unspecified atom stereocenters. The van der Waals surface area contributed by atoms with E-state index in [0.717, 1.165) is 5.56 Å². The highest BCUT2D eigenvalue weighted by atomic mass is 32.2. The summed E-state index contributed by atoms with van der Waals surface area (Å²) < 4.78 is 32.6. The molecule has 114 valence electrons. The van der Waals surface area contributed by atoms with Gasteiger partial charge in [-0.3, -0.25) is 4.31 Å². The second kappa shape index (κ2) is 4.12. The monoisotopic (exact) mass is 316 g/mol. The highest BCUT2D eigenvalue weighted by molar-refractivity contribution is 7.94. The molecule has 3 aliphatic heterocycles. The first-order valence-electron chi connectivity index (χ1n) is 7.26. The van der Waals surface area contributed by atoms with Crippen molar-refractivity contribution < 1.29 is 13.2 Å². The van der Waals surface area contributed by atoms with E-state index in [1.807, 2.05) is 19.1 Å². The van der Waals surface area contributed by atoms with Crippen molar-refractivity contribution in [1.82, 2.24) is 0 Å². The molecule has 0 aliphatic carbocycles. The summed E-state index contributed by atoms with van der Waals surface area (Å²) in [5.74, 6) is -0.0524. The molecule has 0 N–H and O–H groups in total. The lowest BCUT2D eigenvalue weighted by Crippen LogP contribution is -2.46. The molecule has 3 heterocycles. The smallest absolute Gasteiger partial charge is 0.244 e. The van der Waals surface area contributed by atoms with Crippen molar-refractivity contribution in [2.75, 3.05) is 10.8 Å². The zero-order valence-electron chi connectivity index (χ0n) is 12.4. The molecule has 0 radical (unpaired) electrons. The van der Waals surface area contributed by atoms with Gasteiger partial charge >= 0.3 is 0 Å².